The fourth-order valence-electron chi connectivity index (χ4n) is 2.27. The van der Waals surface area contributed by atoms with Crippen molar-refractivity contribution in [2.45, 2.75) is 57.3 Å². The summed E-state index contributed by atoms with van der Waals surface area (Å²) in [4.78, 5) is 0. The van der Waals surface area contributed by atoms with Gasteiger partial charge in [0.25, 0.3) is 0 Å². The van der Waals surface area contributed by atoms with E-state index in [1.54, 1.807) is 0 Å². The summed E-state index contributed by atoms with van der Waals surface area (Å²) >= 11 is 0. The summed E-state index contributed by atoms with van der Waals surface area (Å²) in [7, 11) is 0. The molecule has 0 aromatic heterocycles. The second-order valence-electron chi connectivity index (χ2n) is 4.67. The van der Waals surface area contributed by atoms with Gasteiger partial charge in [-0.1, -0.05) is 0 Å². The summed E-state index contributed by atoms with van der Waals surface area (Å²) in [5, 5.41) is 12.0. The molecule has 0 heterocycles. The Kier molecular flexibility index (Phi) is 5.05. The van der Waals surface area contributed by atoms with Crippen LogP contribution in [0.15, 0.2) is 0 Å². The Hall–Kier alpha value is -0.290. The Morgan fingerprint density at radius 1 is 1.25 bits per heavy atom. The third-order valence-electron chi connectivity index (χ3n) is 3.27. The van der Waals surface area contributed by atoms with Gasteiger partial charge in [-0.3, -0.25) is 0 Å². The second kappa shape index (κ2) is 5.87. The number of nitrogens with one attached hydrogen (secondary N) is 1. The fourth-order valence-corrected chi connectivity index (χ4v) is 2.27. The Bertz CT molecular complexity index is 200. The van der Waals surface area contributed by atoms with Gasteiger partial charge >= 0.3 is 6.18 Å². The molecule has 1 rings (SSSR count). The number of hydrogen-bond donors (Lipinski definition) is 2. The minimum atomic E-state index is -4.03. The van der Waals surface area contributed by atoms with E-state index >= 15 is 0 Å². The van der Waals surface area contributed by atoms with Crippen LogP contribution in [0.2, 0.25) is 0 Å². The lowest BCUT2D eigenvalue weighted by atomic mass is 9.85. The third kappa shape index (κ3) is 4.29. The predicted molar refractivity (Wildman–Crippen MR) is 56.1 cm³/mol. The third-order valence-corrected chi connectivity index (χ3v) is 3.27. The van der Waals surface area contributed by atoms with E-state index < -0.39 is 12.1 Å². The summed E-state index contributed by atoms with van der Waals surface area (Å²) in [6.45, 7) is 2.07. The Balaban J connectivity index is 2.27. The van der Waals surface area contributed by atoms with Crippen LogP contribution in [0.4, 0.5) is 13.2 Å². The molecule has 0 aromatic rings. The smallest absolute Gasteiger partial charge is 0.391 e. The first-order valence-electron chi connectivity index (χ1n) is 5.87. The highest BCUT2D eigenvalue weighted by Crippen LogP contribution is 2.37. The van der Waals surface area contributed by atoms with Crippen LogP contribution in [-0.2, 0) is 0 Å². The van der Waals surface area contributed by atoms with Crippen molar-refractivity contribution in [2.75, 3.05) is 6.61 Å². The molecule has 0 radical (unpaired) electrons. The summed E-state index contributed by atoms with van der Waals surface area (Å²) in [5.74, 6) is -1.11. The maximum atomic E-state index is 12.4. The van der Waals surface area contributed by atoms with Gasteiger partial charge in [0.2, 0.25) is 0 Å². The molecule has 2 nitrogen and oxygen atoms in total. The number of hydrogen-bond acceptors (Lipinski definition) is 2. The van der Waals surface area contributed by atoms with Gasteiger partial charge in [0, 0.05) is 18.7 Å². The van der Waals surface area contributed by atoms with Gasteiger partial charge in [0.15, 0.2) is 0 Å². The molecule has 16 heavy (non-hydrogen) atoms. The van der Waals surface area contributed by atoms with Crippen LogP contribution >= 0.6 is 0 Å². The van der Waals surface area contributed by atoms with Crippen LogP contribution in [0.1, 0.15) is 39.0 Å². The highest BCUT2D eigenvalue weighted by atomic mass is 19.4. The summed E-state index contributed by atoms with van der Waals surface area (Å²) in [5.41, 5.74) is 0. The van der Waals surface area contributed by atoms with Crippen LogP contribution in [-0.4, -0.2) is 30.0 Å². The summed E-state index contributed by atoms with van der Waals surface area (Å²) < 4.78 is 37.2. The zero-order valence-corrected chi connectivity index (χ0v) is 9.56. The minimum Gasteiger partial charge on any atom is -0.396 e. The number of alkyl halides is 3. The Labute approximate surface area is 94.2 Å². The average Bonchev–Trinajstić information content (AvgIpc) is 2.17. The molecule has 1 unspecified atom stereocenters. The van der Waals surface area contributed by atoms with Crippen LogP contribution in [0.25, 0.3) is 0 Å². The molecule has 2 N–H and O–H groups in total. The number of aliphatic hydroxyl groups is 1. The lowest BCUT2D eigenvalue weighted by molar-refractivity contribution is -0.182. The summed E-state index contributed by atoms with van der Waals surface area (Å²) in [6.07, 6.45) is -1.75. The topological polar surface area (TPSA) is 32.3 Å². The average molecular weight is 239 g/mol. The van der Waals surface area contributed by atoms with E-state index in [2.05, 4.69) is 5.32 Å². The van der Waals surface area contributed by atoms with Crippen molar-refractivity contribution in [3.05, 3.63) is 0 Å². The van der Waals surface area contributed by atoms with E-state index in [1.807, 2.05) is 6.92 Å². The highest BCUT2D eigenvalue weighted by molar-refractivity contribution is 4.82. The van der Waals surface area contributed by atoms with E-state index in [-0.39, 0.29) is 31.5 Å². The SMILES string of the molecule is CC(CCO)NC1CCC(C(F)(F)F)CC1. The van der Waals surface area contributed by atoms with Crippen LogP contribution in [0.3, 0.4) is 0 Å². The second-order valence-corrected chi connectivity index (χ2v) is 4.67. The molecule has 1 atom stereocenters. The van der Waals surface area contributed by atoms with Gasteiger partial charge < -0.3 is 10.4 Å². The number of rotatable bonds is 4. The fraction of sp³-hybridized carbons (Fsp3) is 1.00. The summed E-state index contributed by atoms with van der Waals surface area (Å²) in [6, 6.07) is 0.359. The molecule has 0 amide bonds. The van der Waals surface area contributed by atoms with Gasteiger partial charge in [0.1, 0.15) is 0 Å². The standard InChI is InChI=1S/C11H20F3NO/c1-8(6-7-16)15-10-4-2-9(3-5-10)11(12,13)14/h8-10,15-16H,2-7H2,1H3. The van der Waals surface area contributed by atoms with Crippen molar-refractivity contribution in [3.63, 3.8) is 0 Å². The molecular formula is C11H20F3NO. The van der Waals surface area contributed by atoms with Crippen LogP contribution in [0.5, 0.6) is 0 Å². The largest absolute Gasteiger partial charge is 0.396 e. The van der Waals surface area contributed by atoms with Gasteiger partial charge in [-0.25, -0.2) is 0 Å². The van der Waals surface area contributed by atoms with Gasteiger partial charge in [0.05, 0.1) is 5.92 Å². The first-order valence-corrected chi connectivity index (χ1v) is 5.87. The van der Waals surface area contributed by atoms with Gasteiger partial charge in [-0.15, -0.1) is 0 Å². The Morgan fingerprint density at radius 3 is 2.25 bits per heavy atom. The first kappa shape index (κ1) is 13.8. The van der Waals surface area contributed by atoms with Crippen LogP contribution < -0.4 is 5.32 Å². The molecule has 1 aliphatic carbocycles. The molecule has 1 fully saturated rings. The van der Waals surface area contributed by atoms with Gasteiger partial charge in [-0.2, -0.15) is 13.2 Å². The van der Waals surface area contributed by atoms with Crippen molar-refractivity contribution in [2.24, 2.45) is 5.92 Å². The highest BCUT2D eigenvalue weighted by Gasteiger charge is 2.41. The van der Waals surface area contributed by atoms with E-state index in [1.165, 1.54) is 0 Å². The van der Waals surface area contributed by atoms with E-state index in [0.29, 0.717) is 19.3 Å². The molecular weight excluding hydrogens is 219 g/mol. The van der Waals surface area contributed by atoms with E-state index in [4.69, 9.17) is 5.11 Å². The van der Waals surface area contributed by atoms with Crippen molar-refractivity contribution >= 4 is 0 Å². The predicted octanol–water partition coefficient (Wildman–Crippen LogP) is 2.47. The monoisotopic (exact) mass is 239 g/mol. The maximum absolute atomic E-state index is 12.4. The van der Waals surface area contributed by atoms with E-state index in [0.717, 1.165) is 0 Å². The quantitative estimate of drug-likeness (QED) is 0.790. The van der Waals surface area contributed by atoms with Crippen molar-refractivity contribution in [3.8, 4) is 0 Å². The molecule has 0 spiro atoms. The lowest BCUT2D eigenvalue weighted by Crippen LogP contribution is -2.41. The molecule has 0 bridgehead atoms. The van der Waals surface area contributed by atoms with E-state index in [9.17, 15) is 13.2 Å². The van der Waals surface area contributed by atoms with Crippen molar-refractivity contribution in [1.29, 1.82) is 0 Å². The molecule has 1 saturated carbocycles. The molecule has 0 aromatic carbocycles. The minimum absolute atomic E-state index is 0.117. The zero-order chi connectivity index (χ0) is 12.2. The van der Waals surface area contributed by atoms with Crippen molar-refractivity contribution < 1.29 is 18.3 Å². The molecule has 1 aliphatic rings. The van der Waals surface area contributed by atoms with Gasteiger partial charge in [-0.05, 0) is 39.0 Å². The number of aliphatic hydroxyl groups excluding tert-OH is 1. The first-order chi connectivity index (χ1) is 7.43. The molecule has 5 heteroatoms. The molecule has 0 saturated heterocycles. The Morgan fingerprint density at radius 2 is 1.81 bits per heavy atom. The van der Waals surface area contributed by atoms with Crippen molar-refractivity contribution in [1.82, 2.24) is 5.32 Å². The maximum Gasteiger partial charge on any atom is 0.391 e. The normalized spacial score (nSPS) is 29.1. The molecule has 0 aliphatic heterocycles. The lowest BCUT2D eigenvalue weighted by Gasteiger charge is -2.32. The zero-order valence-electron chi connectivity index (χ0n) is 9.56. The van der Waals surface area contributed by atoms with Crippen LogP contribution in [0, 0.1) is 5.92 Å². The molecule has 96 valence electrons. The number of halogens is 3.